The van der Waals surface area contributed by atoms with Crippen LogP contribution in [0, 0.1) is 6.92 Å². The first-order valence-electron chi connectivity index (χ1n) is 10.9. The molecular weight excluding hydrogens is 448 g/mol. The van der Waals surface area contributed by atoms with Crippen molar-refractivity contribution in [1.82, 2.24) is 14.9 Å². The zero-order valence-corrected chi connectivity index (χ0v) is 19.9. The van der Waals surface area contributed by atoms with E-state index in [0.717, 1.165) is 21.8 Å². The molecule has 4 aromatic rings. The molecule has 0 unspecified atom stereocenters. The van der Waals surface area contributed by atoms with Gasteiger partial charge in [-0.15, -0.1) is 11.8 Å². The minimum Gasteiger partial charge on any atom is -0.497 e. The number of amides is 2. The lowest BCUT2D eigenvalue weighted by Gasteiger charge is -2.12. The van der Waals surface area contributed by atoms with E-state index in [1.54, 1.807) is 25.3 Å². The first-order chi connectivity index (χ1) is 16.5. The van der Waals surface area contributed by atoms with Crippen molar-refractivity contribution in [2.45, 2.75) is 18.4 Å². The van der Waals surface area contributed by atoms with Gasteiger partial charge in [-0.25, -0.2) is 4.98 Å². The largest absolute Gasteiger partial charge is 0.497 e. The van der Waals surface area contributed by atoms with Crippen molar-refractivity contribution in [3.05, 3.63) is 84.2 Å². The van der Waals surface area contributed by atoms with Gasteiger partial charge in [0.1, 0.15) is 11.6 Å². The number of hydrogen-bond acceptors (Lipinski definition) is 5. The molecule has 7 nitrogen and oxygen atoms in total. The van der Waals surface area contributed by atoms with Gasteiger partial charge in [-0.3, -0.25) is 9.59 Å². The van der Waals surface area contributed by atoms with E-state index in [4.69, 9.17) is 4.74 Å². The van der Waals surface area contributed by atoms with E-state index in [1.807, 2.05) is 61.5 Å². The predicted molar refractivity (Wildman–Crippen MR) is 136 cm³/mol. The SMILES string of the molecule is COc1cccc(NC(=O)CSc2ccccc2C(=O)NCCn2c(C)nc3ccccc32)c1. The molecule has 2 amide bonds. The number of benzene rings is 3. The predicted octanol–water partition coefficient (Wildman–Crippen LogP) is 4.51. The van der Waals surface area contributed by atoms with Crippen molar-refractivity contribution in [2.24, 2.45) is 0 Å². The number of methoxy groups -OCH3 is 1. The molecule has 4 rings (SSSR count). The molecule has 0 atom stereocenters. The monoisotopic (exact) mass is 474 g/mol. The highest BCUT2D eigenvalue weighted by atomic mass is 32.2. The average molecular weight is 475 g/mol. The first-order valence-corrected chi connectivity index (χ1v) is 11.9. The number of carbonyl (C=O) groups is 2. The summed E-state index contributed by atoms with van der Waals surface area (Å²) in [6.07, 6.45) is 0. The van der Waals surface area contributed by atoms with Crippen LogP contribution in [0.5, 0.6) is 5.75 Å². The molecule has 0 fully saturated rings. The third kappa shape index (κ3) is 5.58. The minimum atomic E-state index is -0.168. The molecule has 34 heavy (non-hydrogen) atoms. The van der Waals surface area contributed by atoms with E-state index in [2.05, 4.69) is 20.2 Å². The van der Waals surface area contributed by atoms with Crippen molar-refractivity contribution in [3.8, 4) is 5.75 Å². The number of carbonyl (C=O) groups excluding carboxylic acids is 2. The Hall–Kier alpha value is -3.78. The van der Waals surface area contributed by atoms with Gasteiger partial charge in [-0.2, -0.15) is 0 Å². The van der Waals surface area contributed by atoms with Crippen LogP contribution in [0.3, 0.4) is 0 Å². The van der Waals surface area contributed by atoms with Crippen LogP contribution in [0.1, 0.15) is 16.2 Å². The Morgan fingerprint density at radius 2 is 1.82 bits per heavy atom. The molecule has 0 bridgehead atoms. The molecule has 174 valence electrons. The van der Waals surface area contributed by atoms with Gasteiger partial charge < -0.3 is 19.9 Å². The second-order valence-electron chi connectivity index (χ2n) is 7.62. The molecule has 1 aromatic heterocycles. The molecular formula is C26H26N4O3S. The zero-order valence-electron chi connectivity index (χ0n) is 19.1. The van der Waals surface area contributed by atoms with Crippen LogP contribution < -0.4 is 15.4 Å². The van der Waals surface area contributed by atoms with Crippen LogP contribution in [0.2, 0.25) is 0 Å². The molecule has 2 N–H and O–H groups in total. The van der Waals surface area contributed by atoms with E-state index in [1.165, 1.54) is 11.8 Å². The van der Waals surface area contributed by atoms with Gasteiger partial charge in [0.2, 0.25) is 5.91 Å². The Morgan fingerprint density at radius 3 is 2.68 bits per heavy atom. The fourth-order valence-electron chi connectivity index (χ4n) is 3.68. The molecule has 0 aliphatic rings. The Bertz CT molecular complexity index is 1320. The lowest BCUT2D eigenvalue weighted by Crippen LogP contribution is -2.28. The molecule has 1 heterocycles. The molecule has 0 radical (unpaired) electrons. The molecule has 3 aromatic carbocycles. The third-order valence-corrected chi connectivity index (χ3v) is 6.38. The van der Waals surface area contributed by atoms with E-state index >= 15 is 0 Å². The molecule has 0 saturated carbocycles. The van der Waals surface area contributed by atoms with Gasteiger partial charge in [-0.1, -0.05) is 30.3 Å². The summed E-state index contributed by atoms with van der Waals surface area (Å²) in [5, 5.41) is 5.85. The van der Waals surface area contributed by atoms with Crippen molar-refractivity contribution < 1.29 is 14.3 Å². The average Bonchev–Trinajstić information content (AvgIpc) is 3.18. The number of rotatable bonds is 9. The number of ether oxygens (including phenoxy) is 1. The second kappa shape index (κ2) is 10.9. The van der Waals surface area contributed by atoms with E-state index in [9.17, 15) is 9.59 Å². The lowest BCUT2D eigenvalue weighted by atomic mass is 10.2. The quantitative estimate of drug-likeness (QED) is 0.349. The smallest absolute Gasteiger partial charge is 0.252 e. The minimum absolute atomic E-state index is 0.157. The Balaban J connectivity index is 1.34. The van der Waals surface area contributed by atoms with Gasteiger partial charge in [0.25, 0.3) is 5.91 Å². The fraction of sp³-hybridized carbons (Fsp3) is 0.192. The highest BCUT2D eigenvalue weighted by Gasteiger charge is 2.14. The second-order valence-corrected chi connectivity index (χ2v) is 8.64. The summed E-state index contributed by atoms with van der Waals surface area (Å²) in [5.41, 5.74) is 3.21. The van der Waals surface area contributed by atoms with Crippen molar-refractivity contribution in [3.63, 3.8) is 0 Å². The Morgan fingerprint density at radius 1 is 1.03 bits per heavy atom. The maximum atomic E-state index is 12.9. The van der Waals surface area contributed by atoms with Gasteiger partial charge in [0.15, 0.2) is 0 Å². The summed E-state index contributed by atoms with van der Waals surface area (Å²) in [4.78, 5) is 30.6. The number of anilines is 1. The summed E-state index contributed by atoms with van der Waals surface area (Å²) in [7, 11) is 1.58. The summed E-state index contributed by atoms with van der Waals surface area (Å²) in [6.45, 7) is 3.05. The van der Waals surface area contributed by atoms with Crippen molar-refractivity contribution >= 4 is 40.3 Å². The van der Waals surface area contributed by atoms with Crippen LogP contribution in [0.4, 0.5) is 5.69 Å². The number of aromatic nitrogens is 2. The topological polar surface area (TPSA) is 85.2 Å². The van der Waals surface area contributed by atoms with Crippen molar-refractivity contribution in [2.75, 3.05) is 24.7 Å². The fourth-order valence-corrected chi connectivity index (χ4v) is 4.53. The number of nitrogens with one attached hydrogen (secondary N) is 2. The summed E-state index contributed by atoms with van der Waals surface area (Å²) in [6, 6.07) is 22.5. The highest BCUT2D eigenvalue weighted by Crippen LogP contribution is 2.24. The molecule has 0 saturated heterocycles. The summed E-state index contributed by atoms with van der Waals surface area (Å²) < 4.78 is 7.28. The van der Waals surface area contributed by atoms with Crippen LogP contribution in [0.15, 0.2) is 77.7 Å². The molecule has 8 heteroatoms. The summed E-state index contributed by atoms with van der Waals surface area (Å²) in [5.74, 6) is 1.44. The zero-order chi connectivity index (χ0) is 23.9. The van der Waals surface area contributed by atoms with E-state index in [0.29, 0.717) is 30.1 Å². The van der Waals surface area contributed by atoms with Gasteiger partial charge in [0.05, 0.1) is 29.5 Å². The Kier molecular flexibility index (Phi) is 7.49. The van der Waals surface area contributed by atoms with Crippen LogP contribution >= 0.6 is 11.8 Å². The van der Waals surface area contributed by atoms with Crippen molar-refractivity contribution in [1.29, 1.82) is 0 Å². The summed E-state index contributed by atoms with van der Waals surface area (Å²) >= 11 is 1.33. The first kappa shape index (κ1) is 23.4. The molecule has 0 aliphatic carbocycles. The van der Waals surface area contributed by atoms with E-state index in [-0.39, 0.29) is 17.6 Å². The molecule has 0 spiro atoms. The number of thioether (sulfide) groups is 1. The van der Waals surface area contributed by atoms with Crippen LogP contribution in [-0.2, 0) is 11.3 Å². The maximum Gasteiger partial charge on any atom is 0.252 e. The number of hydrogen-bond donors (Lipinski definition) is 2. The maximum absolute atomic E-state index is 12.9. The number of aryl methyl sites for hydroxylation is 1. The van der Waals surface area contributed by atoms with Gasteiger partial charge in [-0.05, 0) is 43.3 Å². The third-order valence-electron chi connectivity index (χ3n) is 5.31. The molecule has 0 aliphatic heterocycles. The lowest BCUT2D eigenvalue weighted by molar-refractivity contribution is -0.113. The standard InChI is InChI=1S/C26H26N4O3S/c1-18-28-22-11-4-5-12-23(22)30(18)15-14-27-26(32)21-10-3-6-13-24(21)34-17-25(31)29-19-8-7-9-20(16-19)33-2/h3-13,16H,14-15,17H2,1-2H3,(H,27,32)(H,29,31). The number of nitrogens with zero attached hydrogens (tertiary/aromatic N) is 2. The van der Waals surface area contributed by atoms with Crippen LogP contribution in [-0.4, -0.2) is 40.8 Å². The normalized spacial score (nSPS) is 10.8. The van der Waals surface area contributed by atoms with Gasteiger partial charge >= 0.3 is 0 Å². The Labute approximate surface area is 202 Å². The number of para-hydroxylation sites is 2. The number of fused-ring (bicyclic) bond motifs is 1. The van der Waals surface area contributed by atoms with Gasteiger partial charge in [0, 0.05) is 29.7 Å². The van der Waals surface area contributed by atoms with E-state index < -0.39 is 0 Å². The van der Waals surface area contributed by atoms with Crippen LogP contribution in [0.25, 0.3) is 11.0 Å². The number of imidazole rings is 1. The highest BCUT2D eigenvalue weighted by molar-refractivity contribution is 8.00.